The highest BCUT2D eigenvalue weighted by molar-refractivity contribution is 5.77. The van der Waals surface area contributed by atoms with E-state index in [1.165, 1.54) is 0 Å². The van der Waals surface area contributed by atoms with Gasteiger partial charge in [0, 0.05) is 5.92 Å². The Hall–Kier alpha value is -0.900. The zero-order valence-electron chi connectivity index (χ0n) is 7.19. The largest absolute Gasteiger partial charge is 0.480 e. The lowest BCUT2D eigenvalue weighted by atomic mass is 9.96. The molecule has 70 valence electrons. The molecule has 4 heteroatoms. The third-order valence-electron chi connectivity index (χ3n) is 1.81. The van der Waals surface area contributed by atoms with E-state index in [0.29, 0.717) is 12.7 Å². The van der Waals surface area contributed by atoms with Crippen molar-refractivity contribution in [3.05, 3.63) is 0 Å². The van der Waals surface area contributed by atoms with E-state index in [2.05, 4.69) is 0 Å². The first-order chi connectivity index (χ1) is 5.63. The summed E-state index contributed by atoms with van der Waals surface area (Å²) in [5.74, 6) is -1.65. The number of rotatable bonds is 6. The molecule has 2 unspecified atom stereocenters. The fourth-order valence-electron chi connectivity index (χ4n) is 0.955. The van der Waals surface area contributed by atoms with Gasteiger partial charge in [-0.05, 0) is 6.42 Å². The van der Waals surface area contributed by atoms with Gasteiger partial charge in [-0.15, -0.1) is 0 Å². The zero-order valence-corrected chi connectivity index (χ0v) is 7.19. The molecule has 2 atom stereocenters. The first-order valence-corrected chi connectivity index (χ1v) is 4.07. The quantitative estimate of drug-likeness (QED) is 0.570. The van der Waals surface area contributed by atoms with Gasteiger partial charge >= 0.3 is 5.97 Å². The zero-order chi connectivity index (χ0) is 9.56. The minimum Gasteiger partial charge on any atom is -0.480 e. The Morgan fingerprint density at radius 1 is 1.67 bits per heavy atom. The number of carbonyl (C=O) groups is 2. The van der Waals surface area contributed by atoms with Crippen molar-refractivity contribution in [1.29, 1.82) is 0 Å². The maximum atomic E-state index is 10.4. The normalized spacial score (nSPS) is 15.2. The smallest absolute Gasteiger partial charge is 0.321 e. The molecule has 0 aliphatic heterocycles. The second kappa shape index (κ2) is 5.71. The van der Waals surface area contributed by atoms with E-state index in [9.17, 15) is 9.59 Å². The molecule has 0 saturated heterocycles. The van der Waals surface area contributed by atoms with Crippen molar-refractivity contribution >= 4 is 12.3 Å². The van der Waals surface area contributed by atoms with Gasteiger partial charge < -0.3 is 15.6 Å². The Balaban J connectivity index is 3.95. The predicted octanol–water partition coefficient (Wildman–Crippen LogP) is 0.404. The minimum atomic E-state index is -1.11. The van der Waals surface area contributed by atoms with Crippen LogP contribution in [0.1, 0.15) is 26.2 Å². The summed E-state index contributed by atoms with van der Waals surface area (Å²) in [5, 5.41) is 8.50. The molecule has 0 rings (SSSR count). The molecule has 0 amide bonds. The van der Waals surface area contributed by atoms with Gasteiger partial charge in [0.2, 0.25) is 0 Å². The van der Waals surface area contributed by atoms with Crippen molar-refractivity contribution in [2.75, 3.05) is 0 Å². The standard InChI is InChI=1S/C8H15NO3/c1-2-3-4-6(5-10)7(9)8(11)12/h5-7H,2-4,9H2,1H3,(H,11,12). The van der Waals surface area contributed by atoms with Crippen molar-refractivity contribution in [1.82, 2.24) is 0 Å². The van der Waals surface area contributed by atoms with Gasteiger partial charge in [-0.3, -0.25) is 4.79 Å². The molecule has 0 aliphatic carbocycles. The van der Waals surface area contributed by atoms with E-state index >= 15 is 0 Å². The van der Waals surface area contributed by atoms with Crippen LogP contribution < -0.4 is 5.73 Å². The molecular weight excluding hydrogens is 158 g/mol. The first kappa shape index (κ1) is 11.1. The van der Waals surface area contributed by atoms with Crippen LogP contribution >= 0.6 is 0 Å². The molecule has 0 radical (unpaired) electrons. The maximum absolute atomic E-state index is 10.4. The highest BCUT2D eigenvalue weighted by Crippen LogP contribution is 2.09. The number of carboxylic acids is 1. The van der Waals surface area contributed by atoms with Gasteiger partial charge in [-0.1, -0.05) is 19.8 Å². The Kier molecular flexibility index (Phi) is 5.28. The summed E-state index contributed by atoms with van der Waals surface area (Å²) in [6.45, 7) is 1.98. The Labute approximate surface area is 71.8 Å². The lowest BCUT2D eigenvalue weighted by molar-refractivity contribution is -0.141. The van der Waals surface area contributed by atoms with E-state index in [1.807, 2.05) is 6.92 Å². The molecule has 0 saturated carbocycles. The van der Waals surface area contributed by atoms with Gasteiger partial charge in [-0.25, -0.2) is 0 Å². The van der Waals surface area contributed by atoms with Crippen LogP contribution in [0.15, 0.2) is 0 Å². The molecule has 0 fully saturated rings. The molecule has 0 aliphatic rings. The molecule has 3 N–H and O–H groups in total. The summed E-state index contributed by atoms with van der Waals surface area (Å²) in [6, 6.07) is -1.05. The van der Waals surface area contributed by atoms with E-state index < -0.39 is 17.9 Å². The number of aldehydes is 1. The van der Waals surface area contributed by atoms with E-state index in [-0.39, 0.29) is 0 Å². The number of hydrogen-bond acceptors (Lipinski definition) is 3. The molecule has 12 heavy (non-hydrogen) atoms. The predicted molar refractivity (Wildman–Crippen MR) is 44.7 cm³/mol. The summed E-state index contributed by atoms with van der Waals surface area (Å²) < 4.78 is 0. The van der Waals surface area contributed by atoms with Gasteiger partial charge in [0.25, 0.3) is 0 Å². The molecule has 0 spiro atoms. The lowest BCUT2D eigenvalue weighted by Gasteiger charge is -2.13. The van der Waals surface area contributed by atoms with Crippen molar-refractivity contribution in [2.24, 2.45) is 11.7 Å². The van der Waals surface area contributed by atoms with Crippen LogP contribution in [0.5, 0.6) is 0 Å². The number of carbonyl (C=O) groups excluding carboxylic acids is 1. The minimum absolute atomic E-state index is 0.539. The molecule has 0 aromatic rings. The van der Waals surface area contributed by atoms with Gasteiger partial charge in [0.15, 0.2) is 0 Å². The van der Waals surface area contributed by atoms with E-state index in [0.717, 1.165) is 12.8 Å². The fraction of sp³-hybridized carbons (Fsp3) is 0.750. The van der Waals surface area contributed by atoms with Crippen LogP contribution in [0.4, 0.5) is 0 Å². The molecule has 0 aromatic carbocycles. The second-order valence-corrected chi connectivity index (χ2v) is 2.81. The summed E-state index contributed by atoms with van der Waals surface area (Å²) >= 11 is 0. The summed E-state index contributed by atoms with van der Waals surface area (Å²) in [5.41, 5.74) is 5.28. The number of nitrogens with two attached hydrogens (primary N) is 1. The summed E-state index contributed by atoms with van der Waals surface area (Å²) in [6.07, 6.45) is 2.98. The second-order valence-electron chi connectivity index (χ2n) is 2.81. The first-order valence-electron chi connectivity index (χ1n) is 4.07. The Bertz CT molecular complexity index is 158. The highest BCUT2D eigenvalue weighted by Gasteiger charge is 2.22. The van der Waals surface area contributed by atoms with Gasteiger partial charge in [0.1, 0.15) is 12.3 Å². The average molecular weight is 173 g/mol. The maximum Gasteiger partial charge on any atom is 0.321 e. The van der Waals surface area contributed by atoms with Crippen LogP contribution in [0.3, 0.4) is 0 Å². The molecule has 0 aromatic heterocycles. The molecule has 0 heterocycles. The topological polar surface area (TPSA) is 80.4 Å². The lowest BCUT2D eigenvalue weighted by Crippen LogP contribution is -2.38. The molecule has 4 nitrogen and oxygen atoms in total. The van der Waals surface area contributed by atoms with Crippen molar-refractivity contribution < 1.29 is 14.7 Å². The number of carboxylic acid groups (broad SMARTS) is 1. The number of unbranched alkanes of at least 4 members (excludes halogenated alkanes) is 1. The van der Waals surface area contributed by atoms with Crippen LogP contribution in [0.25, 0.3) is 0 Å². The summed E-state index contributed by atoms with van der Waals surface area (Å²) in [4.78, 5) is 20.8. The van der Waals surface area contributed by atoms with Gasteiger partial charge in [0.05, 0.1) is 0 Å². The SMILES string of the molecule is CCCCC(C=O)C(N)C(=O)O. The molecule has 0 bridgehead atoms. The van der Waals surface area contributed by atoms with Crippen LogP contribution in [-0.4, -0.2) is 23.4 Å². The molecular formula is C8H15NO3. The van der Waals surface area contributed by atoms with Crippen LogP contribution in [-0.2, 0) is 9.59 Å². The van der Waals surface area contributed by atoms with Crippen LogP contribution in [0.2, 0.25) is 0 Å². The number of hydrogen-bond donors (Lipinski definition) is 2. The van der Waals surface area contributed by atoms with Crippen LogP contribution in [0, 0.1) is 5.92 Å². The highest BCUT2D eigenvalue weighted by atomic mass is 16.4. The Morgan fingerprint density at radius 2 is 2.25 bits per heavy atom. The Morgan fingerprint density at radius 3 is 2.58 bits per heavy atom. The monoisotopic (exact) mass is 173 g/mol. The fourth-order valence-corrected chi connectivity index (χ4v) is 0.955. The van der Waals surface area contributed by atoms with Crippen molar-refractivity contribution in [3.63, 3.8) is 0 Å². The van der Waals surface area contributed by atoms with E-state index in [4.69, 9.17) is 10.8 Å². The van der Waals surface area contributed by atoms with Crippen molar-refractivity contribution in [2.45, 2.75) is 32.2 Å². The van der Waals surface area contributed by atoms with E-state index in [1.54, 1.807) is 0 Å². The third kappa shape index (κ3) is 3.48. The average Bonchev–Trinajstić information content (AvgIpc) is 2.05. The van der Waals surface area contributed by atoms with Gasteiger partial charge in [-0.2, -0.15) is 0 Å². The number of aliphatic carboxylic acids is 1. The van der Waals surface area contributed by atoms with Crippen molar-refractivity contribution in [3.8, 4) is 0 Å². The summed E-state index contributed by atoms with van der Waals surface area (Å²) in [7, 11) is 0. The third-order valence-corrected chi connectivity index (χ3v) is 1.81.